The number of benzene rings is 1. The number of hydrogen-bond donors (Lipinski definition) is 1. The zero-order chi connectivity index (χ0) is 19.9. The number of guanidine groups is 1. The van der Waals surface area contributed by atoms with E-state index in [1.807, 2.05) is 0 Å². The van der Waals surface area contributed by atoms with E-state index in [1.54, 1.807) is 6.33 Å². The van der Waals surface area contributed by atoms with Crippen molar-refractivity contribution >= 4 is 35.6 Å². The molecule has 4 rings (SSSR count). The summed E-state index contributed by atoms with van der Waals surface area (Å²) in [6, 6.07) is 8.62. The van der Waals surface area contributed by atoms with Crippen molar-refractivity contribution in [1.29, 1.82) is 0 Å². The number of para-hydroxylation sites is 1. The Balaban J connectivity index is 0.00000256. The van der Waals surface area contributed by atoms with Crippen molar-refractivity contribution in [1.82, 2.24) is 25.0 Å². The fourth-order valence-electron chi connectivity index (χ4n) is 3.94. The van der Waals surface area contributed by atoms with Gasteiger partial charge in [-0.05, 0) is 18.1 Å². The van der Waals surface area contributed by atoms with Gasteiger partial charge in [-0.1, -0.05) is 25.1 Å². The van der Waals surface area contributed by atoms with E-state index in [1.165, 1.54) is 11.3 Å². The lowest BCUT2D eigenvalue weighted by atomic mass is 10.2. The maximum absolute atomic E-state index is 5.44. The second-order valence-electron chi connectivity index (χ2n) is 7.41. The third kappa shape index (κ3) is 5.70. The highest BCUT2D eigenvalue weighted by atomic mass is 127. The summed E-state index contributed by atoms with van der Waals surface area (Å²) in [5, 5.41) is 11.8. The molecule has 0 atom stereocenters. The van der Waals surface area contributed by atoms with Crippen LogP contribution in [0, 0.1) is 0 Å². The maximum atomic E-state index is 5.44. The third-order valence-corrected chi connectivity index (χ3v) is 5.57. The first-order valence-corrected chi connectivity index (χ1v) is 10.7. The highest BCUT2D eigenvalue weighted by Gasteiger charge is 2.22. The highest BCUT2D eigenvalue weighted by Crippen LogP contribution is 2.27. The van der Waals surface area contributed by atoms with Gasteiger partial charge in [0, 0.05) is 51.4 Å². The van der Waals surface area contributed by atoms with Crippen molar-refractivity contribution in [3.63, 3.8) is 0 Å². The maximum Gasteiger partial charge on any atom is 0.198 e. The Kier molecular flexibility index (Phi) is 8.88. The SMILES string of the molecule is CCc1nncn1CCNC(=NCCN1CCOCC1)N1CCc2ccccc21.I. The summed E-state index contributed by atoms with van der Waals surface area (Å²) in [6.45, 7) is 10.1. The first-order valence-electron chi connectivity index (χ1n) is 10.7. The molecule has 0 bridgehead atoms. The molecule has 2 aliphatic rings. The Hall–Kier alpha value is -1.72. The first-order chi connectivity index (χ1) is 14.3. The van der Waals surface area contributed by atoms with Gasteiger partial charge in [0.05, 0.1) is 19.8 Å². The van der Waals surface area contributed by atoms with Gasteiger partial charge in [0.15, 0.2) is 5.96 Å². The molecule has 30 heavy (non-hydrogen) atoms. The molecule has 0 aliphatic carbocycles. The molecule has 1 N–H and O–H groups in total. The number of morpholine rings is 1. The average Bonchev–Trinajstić information content (AvgIpc) is 3.40. The lowest BCUT2D eigenvalue weighted by Crippen LogP contribution is -2.43. The number of aryl methyl sites for hydroxylation is 1. The van der Waals surface area contributed by atoms with Crippen molar-refractivity contribution in [2.75, 3.05) is 57.4 Å². The number of anilines is 1. The van der Waals surface area contributed by atoms with E-state index in [9.17, 15) is 0 Å². The van der Waals surface area contributed by atoms with E-state index in [2.05, 4.69) is 61.1 Å². The van der Waals surface area contributed by atoms with Crippen LogP contribution in [0.15, 0.2) is 35.6 Å². The molecular formula is C21H32IN7O. The number of aliphatic imine (C=N–C) groups is 1. The van der Waals surface area contributed by atoms with Crippen LogP contribution >= 0.6 is 24.0 Å². The summed E-state index contributed by atoms with van der Waals surface area (Å²) in [6.07, 6.45) is 3.76. The van der Waals surface area contributed by atoms with Crippen LogP contribution in [0.1, 0.15) is 18.3 Å². The molecule has 0 saturated carbocycles. The van der Waals surface area contributed by atoms with E-state index in [4.69, 9.17) is 9.73 Å². The number of hydrogen-bond acceptors (Lipinski definition) is 5. The zero-order valence-electron chi connectivity index (χ0n) is 17.7. The molecule has 0 amide bonds. The van der Waals surface area contributed by atoms with Gasteiger partial charge in [0.2, 0.25) is 0 Å². The number of nitrogens with zero attached hydrogens (tertiary/aromatic N) is 6. The monoisotopic (exact) mass is 525 g/mol. The molecule has 164 valence electrons. The largest absolute Gasteiger partial charge is 0.379 e. The van der Waals surface area contributed by atoms with Crippen molar-refractivity contribution in [3.05, 3.63) is 42.0 Å². The topological polar surface area (TPSA) is 70.8 Å². The van der Waals surface area contributed by atoms with E-state index in [-0.39, 0.29) is 24.0 Å². The standard InChI is InChI=1S/C21H31N7O.HI/c1-2-20-25-24-17-27(20)12-9-23-21(22-8-11-26-13-15-29-16-14-26)28-10-7-18-5-3-4-6-19(18)28;/h3-6,17H,2,7-16H2,1H3,(H,22,23);1H. The Morgan fingerprint density at radius 2 is 2.00 bits per heavy atom. The van der Waals surface area contributed by atoms with E-state index >= 15 is 0 Å². The van der Waals surface area contributed by atoms with Crippen molar-refractivity contribution in [2.24, 2.45) is 4.99 Å². The molecule has 2 aliphatic heterocycles. The van der Waals surface area contributed by atoms with Crippen molar-refractivity contribution in [3.8, 4) is 0 Å². The molecular weight excluding hydrogens is 493 g/mol. The molecule has 2 aromatic rings. The molecule has 1 aromatic carbocycles. The lowest BCUT2D eigenvalue weighted by molar-refractivity contribution is 0.0394. The van der Waals surface area contributed by atoms with Crippen LogP contribution in [0.4, 0.5) is 5.69 Å². The Morgan fingerprint density at radius 1 is 1.17 bits per heavy atom. The molecule has 0 spiro atoms. The number of aromatic nitrogens is 3. The number of rotatable bonds is 7. The summed E-state index contributed by atoms with van der Waals surface area (Å²) in [5.41, 5.74) is 2.66. The molecule has 1 saturated heterocycles. The minimum absolute atomic E-state index is 0. The molecule has 1 aromatic heterocycles. The second-order valence-corrected chi connectivity index (χ2v) is 7.41. The molecule has 9 heteroatoms. The van der Waals surface area contributed by atoms with Gasteiger partial charge in [-0.15, -0.1) is 34.2 Å². The summed E-state index contributed by atoms with van der Waals surface area (Å²) < 4.78 is 7.55. The lowest BCUT2D eigenvalue weighted by Gasteiger charge is -2.27. The van der Waals surface area contributed by atoms with E-state index in [0.717, 1.165) is 83.7 Å². The van der Waals surface area contributed by atoms with Gasteiger partial charge < -0.3 is 19.5 Å². The number of fused-ring (bicyclic) bond motifs is 1. The summed E-state index contributed by atoms with van der Waals surface area (Å²) in [5.74, 6) is 1.98. The second kappa shape index (κ2) is 11.6. The Morgan fingerprint density at radius 3 is 2.83 bits per heavy atom. The van der Waals surface area contributed by atoms with Gasteiger partial charge >= 0.3 is 0 Å². The predicted octanol–water partition coefficient (Wildman–Crippen LogP) is 1.80. The smallest absolute Gasteiger partial charge is 0.198 e. The number of nitrogens with one attached hydrogen (secondary N) is 1. The Bertz CT molecular complexity index is 819. The van der Waals surface area contributed by atoms with Crippen LogP contribution in [-0.4, -0.2) is 78.1 Å². The molecule has 1 fully saturated rings. The van der Waals surface area contributed by atoms with Crippen molar-refractivity contribution in [2.45, 2.75) is 26.3 Å². The van der Waals surface area contributed by atoms with Gasteiger partial charge in [0.25, 0.3) is 0 Å². The van der Waals surface area contributed by atoms with Crippen LogP contribution in [0.25, 0.3) is 0 Å². The van der Waals surface area contributed by atoms with Crippen LogP contribution in [-0.2, 0) is 24.1 Å². The summed E-state index contributed by atoms with van der Waals surface area (Å²) >= 11 is 0. The average molecular weight is 525 g/mol. The van der Waals surface area contributed by atoms with Crippen LogP contribution in [0.5, 0.6) is 0 Å². The normalized spacial score (nSPS) is 17.0. The number of halogens is 1. The van der Waals surface area contributed by atoms with Gasteiger partial charge in [0.1, 0.15) is 12.2 Å². The quantitative estimate of drug-likeness (QED) is 0.338. The highest BCUT2D eigenvalue weighted by molar-refractivity contribution is 14.0. The molecule has 0 radical (unpaired) electrons. The molecule has 3 heterocycles. The fourth-order valence-corrected chi connectivity index (χ4v) is 3.94. The third-order valence-electron chi connectivity index (χ3n) is 5.57. The van der Waals surface area contributed by atoms with Gasteiger partial charge in [-0.25, -0.2) is 0 Å². The van der Waals surface area contributed by atoms with Gasteiger partial charge in [-0.2, -0.15) is 0 Å². The summed E-state index contributed by atoms with van der Waals surface area (Å²) in [7, 11) is 0. The zero-order valence-corrected chi connectivity index (χ0v) is 20.0. The van der Waals surface area contributed by atoms with Crippen LogP contribution < -0.4 is 10.2 Å². The van der Waals surface area contributed by atoms with Gasteiger partial charge in [-0.3, -0.25) is 9.89 Å². The minimum atomic E-state index is 0. The van der Waals surface area contributed by atoms with Crippen molar-refractivity contribution < 1.29 is 4.74 Å². The fraction of sp³-hybridized carbons (Fsp3) is 0.571. The van der Waals surface area contributed by atoms with E-state index in [0.29, 0.717) is 0 Å². The minimum Gasteiger partial charge on any atom is -0.379 e. The predicted molar refractivity (Wildman–Crippen MR) is 130 cm³/mol. The molecule has 0 unspecified atom stereocenters. The van der Waals surface area contributed by atoms with Crippen LogP contribution in [0.2, 0.25) is 0 Å². The number of ether oxygens (including phenoxy) is 1. The van der Waals surface area contributed by atoms with E-state index < -0.39 is 0 Å². The molecule has 8 nitrogen and oxygen atoms in total. The van der Waals surface area contributed by atoms with Crippen LogP contribution in [0.3, 0.4) is 0 Å². The first kappa shape index (κ1) is 23.0. The Labute approximate surface area is 195 Å². The summed E-state index contributed by atoms with van der Waals surface area (Å²) in [4.78, 5) is 9.71.